The summed E-state index contributed by atoms with van der Waals surface area (Å²) < 4.78 is 48.2. The Labute approximate surface area is 189 Å². The van der Waals surface area contributed by atoms with Crippen LogP contribution in [-0.4, -0.2) is 60.5 Å². The van der Waals surface area contributed by atoms with Gasteiger partial charge in [0.1, 0.15) is 22.1 Å². The molecule has 1 aromatic heterocycles. The maximum atomic E-state index is 14.4. The topological polar surface area (TPSA) is 146 Å². The zero-order valence-electron chi connectivity index (χ0n) is 18.3. The molecule has 1 aliphatic heterocycles. The summed E-state index contributed by atoms with van der Waals surface area (Å²) in [6, 6.07) is 3.35. The van der Waals surface area contributed by atoms with E-state index in [1.165, 1.54) is 13.1 Å². The van der Waals surface area contributed by atoms with Gasteiger partial charge in [0, 0.05) is 32.4 Å². The number of carbonyl (C=O) groups excluding carboxylic acids is 1. The number of nitrogens with two attached hydrogens (primary N) is 1. The molecule has 180 valence electrons. The Hall–Kier alpha value is -3.03. The number of carbonyl (C=O) groups is 1. The van der Waals surface area contributed by atoms with Crippen LogP contribution in [0, 0.1) is 5.82 Å². The van der Waals surface area contributed by atoms with Crippen LogP contribution in [0.15, 0.2) is 32.7 Å². The van der Waals surface area contributed by atoms with Crippen molar-refractivity contribution in [3.05, 3.63) is 50.4 Å². The number of halogens is 1. The Kier molecular flexibility index (Phi) is 7.34. The van der Waals surface area contributed by atoms with Gasteiger partial charge in [-0.25, -0.2) is 17.6 Å². The first-order valence-electron chi connectivity index (χ1n) is 10.3. The highest BCUT2D eigenvalue weighted by Gasteiger charge is 2.29. The minimum absolute atomic E-state index is 0.105. The van der Waals surface area contributed by atoms with Crippen molar-refractivity contribution in [3.8, 4) is 0 Å². The fraction of sp³-hybridized carbons (Fsp3) is 0.450. The van der Waals surface area contributed by atoms with Crippen molar-refractivity contribution in [2.45, 2.75) is 24.8 Å². The van der Waals surface area contributed by atoms with Gasteiger partial charge in [0.15, 0.2) is 5.78 Å². The number of hydrogen-bond acceptors (Lipinski definition) is 8. The van der Waals surface area contributed by atoms with E-state index in [2.05, 4.69) is 5.32 Å². The summed E-state index contributed by atoms with van der Waals surface area (Å²) in [5.74, 6) is -1.85. The Morgan fingerprint density at radius 2 is 1.91 bits per heavy atom. The molecule has 11 nitrogen and oxygen atoms in total. The third-order valence-electron chi connectivity index (χ3n) is 5.28. The molecular weight excluding hydrogens is 457 g/mol. The lowest BCUT2D eigenvalue weighted by molar-refractivity contribution is 0.0729. The Bertz CT molecular complexity index is 1280. The van der Waals surface area contributed by atoms with Crippen molar-refractivity contribution in [2.75, 3.05) is 43.9 Å². The number of nitrogens with zero attached hydrogens (tertiary/aromatic N) is 3. The average Bonchev–Trinajstić information content (AvgIpc) is 2.80. The maximum Gasteiger partial charge on any atom is 0.332 e. The monoisotopic (exact) mass is 483 g/mol. The number of morpholine rings is 1. The summed E-state index contributed by atoms with van der Waals surface area (Å²) >= 11 is 0. The van der Waals surface area contributed by atoms with Gasteiger partial charge in [-0.05, 0) is 24.6 Å². The van der Waals surface area contributed by atoms with Crippen molar-refractivity contribution < 1.29 is 22.3 Å². The van der Waals surface area contributed by atoms with Crippen LogP contribution in [0.25, 0.3) is 0 Å². The second-order valence-electron chi connectivity index (χ2n) is 7.50. The number of anilines is 2. The van der Waals surface area contributed by atoms with E-state index >= 15 is 0 Å². The molecule has 0 atom stereocenters. The molecule has 33 heavy (non-hydrogen) atoms. The van der Waals surface area contributed by atoms with Gasteiger partial charge in [0.05, 0.1) is 19.8 Å². The van der Waals surface area contributed by atoms with Crippen LogP contribution in [-0.2, 0) is 28.4 Å². The second-order valence-corrected chi connectivity index (χ2v) is 9.40. The molecule has 1 saturated heterocycles. The van der Waals surface area contributed by atoms with Gasteiger partial charge >= 0.3 is 5.69 Å². The number of ketones is 1. The third-order valence-corrected chi connectivity index (χ3v) is 7.20. The number of nitrogen functional groups attached to an aromatic ring is 1. The molecule has 0 saturated carbocycles. The predicted molar refractivity (Wildman–Crippen MR) is 119 cm³/mol. The molecule has 0 amide bonds. The molecule has 0 aliphatic carbocycles. The van der Waals surface area contributed by atoms with E-state index in [9.17, 15) is 27.2 Å². The zero-order chi connectivity index (χ0) is 24.3. The van der Waals surface area contributed by atoms with E-state index in [1.54, 1.807) is 0 Å². The summed E-state index contributed by atoms with van der Waals surface area (Å²) in [7, 11) is -2.85. The highest BCUT2D eigenvalue weighted by atomic mass is 32.2. The number of benzene rings is 1. The number of ether oxygens (including phenoxy) is 1. The molecule has 0 spiro atoms. The number of rotatable bonds is 8. The fourth-order valence-electron chi connectivity index (χ4n) is 3.49. The summed E-state index contributed by atoms with van der Waals surface area (Å²) in [6.07, 6.45) is 0.560. The summed E-state index contributed by atoms with van der Waals surface area (Å²) in [5, 5.41) is 2.71. The van der Waals surface area contributed by atoms with Gasteiger partial charge < -0.3 is 15.8 Å². The van der Waals surface area contributed by atoms with Crippen molar-refractivity contribution in [1.29, 1.82) is 0 Å². The molecular formula is C20H26FN5O6S. The lowest BCUT2D eigenvalue weighted by Gasteiger charge is -2.26. The first-order chi connectivity index (χ1) is 15.6. The van der Waals surface area contributed by atoms with Crippen LogP contribution in [0.3, 0.4) is 0 Å². The maximum absolute atomic E-state index is 14.4. The van der Waals surface area contributed by atoms with Gasteiger partial charge in [-0.3, -0.25) is 18.7 Å². The molecule has 2 heterocycles. The Balaban J connectivity index is 1.87. The van der Waals surface area contributed by atoms with Crippen LogP contribution in [0.1, 0.15) is 23.7 Å². The van der Waals surface area contributed by atoms with Gasteiger partial charge in [0.2, 0.25) is 10.0 Å². The van der Waals surface area contributed by atoms with E-state index in [0.717, 1.165) is 25.6 Å². The van der Waals surface area contributed by atoms with Crippen molar-refractivity contribution >= 4 is 27.3 Å². The molecule has 3 rings (SSSR count). The minimum Gasteiger partial charge on any atom is -0.384 e. The van der Waals surface area contributed by atoms with Crippen molar-refractivity contribution in [1.82, 2.24) is 13.4 Å². The molecule has 0 radical (unpaired) electrons. The number of nitrogens with one attached hydrogen (secondary N) is 1. The van der Waals surface area contributed by atoms with Gasteiger partial charge in [-0.15, -0.1) is 0 Å². The standard InChI is InChI=1S/C20H26FN5O6S/c1-3-6-26-18(22)17(19(28)24(2)20(26)29)15(27)12-23-13-4-5-14(21)16(11-13)33(30,31)25-7-9-32-10-8-25/h4-5,11,23H,3,6-10,12,22H2,1-2H3. The first-order valence-corrected chi connectivity index (χ1v) is 11.8. The minimum atomic E-state index is -4.10. The SMILES string of the molecule is CCCn1c(N)c(C(=O)CNc2ccc(F)c(S(=O)(=O)N3CCOCC3)c2)c(=O)n(C)c1=O. The van der Waals surface area contributed by atoms with Crippen LogP contribution < -0.4 is 22.3 Å². The zero-order valence-corrected chi connectivity index (χ0v) is 19.2. The van der Waals surface area contributed by atoms with Crippen LogP contribution >= 0.6 is 0 Å². The molecule has 2 aromatic rings. The number of sulfonamides is 1. The quantitative estimate of drug-likeness (QED) is 0.499. The molecule has 13 heteroatoms. The van der Waals surface area contributed by atoms with E-state index in [4.69, 9.17) is 10.5 Å². The van der Waals surface area contributed by atoms with Crippen molar-refractivity contribution in [3.63, 3.8) is 0 Å². The summed E-state index contributed by atoms with van der Waals surface area (Å²) in [6.45, 7) is 2.26. The molecule has 0 unspecified atom stereocenters. The average molecular weight is 484 g/mol. The molecule has 1 aliphatic rings. The number of hydrogen-bond donors (Lipinski definition) is 2. The molecule has 1 aromatic carbocycles. The van der Waals surface area contributed by atoms with Crippen LogP contribution in [0.4, 0.5) is 15.9 Å². The Morgan fingerprint density at radius 3 is 2.55 bits per heavy atom. The lowest BCUT2D eigenvalue weighted by atomic mass is 10.2. The summed E-state index contributed by atoms with van der Waals surface area (Å²) in [5.41, 5.74) is 4.31. The van der Waals surface area contributed by atoms with Gasteiger partial charge in [-0.1, -0.05) is 6.92 Å². The first kappa shape index (κ1) is 24.6. The van der Waals surface area contributed by atoms with Crippen molar-refractivity contribution in [2.24, 2.45) is 7.05 Å². The van der Waals surface area contributed by atoms with Gasteiger partial charge in [-0.2, -0.15) is 4.31 Å². The van der Waals surface area contributed by atoms with Crippen LogP contribution in [0.5, 0.6) is 0 Å². The smallest absolute Gasteiger partial charge is 0.332 e. The predicted octanol–water partition coefficient (Wildman–Crippen LogP) is -0.00600. The summed E-state index contributed by atoms with van der Waals surface area (Å²) in [4.78, 5) is 37.0. The van der Waals surface area contributed by atoms with E-state index in [0.29, 0.717) is 6.42 Å². The molecule has 1 fully saturated rings. The fourth-order valence-corrected chi connectivity index (χ4v) is 4.99. The number of aromatic nitrogens is 2. The van der Waals surface area contributed by atoms with Crippen LogP contribution in [0.2, 0.25) is 0 Å². The second kappa shape index (κ2) is 9.85. The molecule has 3 N–H and O–H groups in total. The Morgan fingerprint density at radius 1 is 1.24 bits per heavy atom. The highest BCUT2D eigenvalue weighted by molar-refractivity contribution is 7.89. The normalized spacial score (nSPS) is 14.9. The molecule has 0 bridgehead atoms. The largest absolute Gasteiger partial charge is 0.384 e. The van der Waals surface area contributed by atoms with E-state index < -0.39 is 44.3 Å². The van der Waals surface area contributed by atoms with E-state index in [1.807, 2.05) is 6.92 Å². The third kappa shape index (κ3) is 4.84. The highest BCUT2D eigenvalue weighted by Crippen LogP contribution is 2.24. The lowest BCUT2D eigenvalue weighted by Crippen LogP contribution is -2.43. The van der Waals surface area contributed by atoms with E-state index in [-0.39, 0.29) is 49.9 Å². The van der Waals surface area contributed by atoms with Gasteiger partial charge in [0.25, 0.3) is 5.56 Å². The number of Topliss-reactive ketones (excluding diaryl/α,β-unsaturated/α-hetero) is 1.